The smallest absolute Gasteiger partial charge is 0.305 e. The summed E-state index contributed by atoms with van der Waals surface area (Å²) >= 11 is 3.22. The van der Waals surface area contributed by atoms with Gasteiger partial charge < -0.3 is 29.2 Å². The van der Waals surface area contributed by atoms with E-state index < -0.39 is 0 Å². The van der Waals surface area contributed by atoms with Gasteiger partial charge in [-0.25, -0.2) is 0 Å². The van der Waals surface area contributed by atoms with Crippen molar-refractivity contribution >= 4 is 50.4 Å². The Kier molecular flexibility index (Phi) is 15.9. The van der Waals surface area contributed by atoms with Crippen molar-refractivity contribution in [2.45, 2.75) is 92.2 Å². The van der Waals surface area contributed by atoms with Gasteiger partial charge in [0.05, 0.1) is 38.5 Å². The molecule has 0 spiro atoms. The monoisotopic (exact) mass is 714 g/mol. The summed E-state index contributed by atoms with van der Waals surface area (Å²) in [5, 5.41) is 4.35. The highest BCUT2D eigenvalue weighted by Gasteiger charge is 2.31. The molecule has 2 aliphatic heterocycles. The van der Waals surface area contributed by atoms with Crippen LogP contribution in [0.25, 0.3) is 11.1 Å². The van der Waals surface area contributed by atoms with E-state index in [1.54, 1.807) is 14.2 Å². The summed E-state index contributed by atoms with van der Waals surface area (Å²) in [4.78, 5) is 24.5. The average Bonchev–Trinajstić information content (AvgIpc) is 3.01. The molecular weight excluding hydrogens is 660 g/mol. The second-order valence-corrected chi connectivity index (χ2v) is 13.4. The SMILES string of the molecule is CCOC(=O)CCCBr.CCOC(=O)CCCN1c2cc(OC)ccc2C(C)=CC1(C)C.COc1ccc2c(c1)NC(C)(C)C=C2C. The second-order valence-electron chi connectivity index (χ2n) is 12.6. The van der Waals surface area contributed by atoms with Crippen molar-refractivity contribution in [3.05, 3.63) is 59.7 Å². The van der Waals surface area contributed by atoms with E-state index in [2.05, 4.69) is 103 Å². The number of ether oxygens (including phenoxy) is 4. The molecule has 47 heavy (non-hydrogen) atoms. The number of carbonyl (C=O) groups excluding carboxylic acids is 2. The van der Waals surface area contributed by atoms with E-state index in [1.165, 1.54) is 28.0 Å². The predicted octanol–water partition coefficient (Wildman–Crippen LogP) is 9.07. The molecular formula is C38H55BrN2O6. The van der Waals surface area contributed by atoms with Crippen molar-refractivity contribution in [3.8, 4) is 11.5 Å². The van der Waals surface area contributed by atoms with Crippen LogP contribution in [0.3, 0.4) is 0 Å². The normalized spacial score (nSPS) is 15.0. The van der Waals surface area contributed by atoms with Gasteiger partial charge in [-0.05, 0) is 104 Å². The molecule has 0 aromatic heterocycles. The number of methoxy groups -OCH3 is 2. The highest BCUT2D eigenvalue weighted by molar-refractivity contribution is 9.09. The summed E-state index contributed by atoms with van der Waals surface area (Å²) in [5.41, 5.74) is 7.31. The zero-order chi connectivity index (χ0) is 35.2. The Labute approximate surface area is 291 Å². The summed E-state index contributed by atoms with van der Waals surface area (Å²) in [6, 6.07) is 12.3. The van der Waals surface area contributed by atoms with Crippen molar-refractivity contribution < 1.29 is 28.5 Å². The van der Waals surface area contributed by atoms with Crippen LogP contribution in [0, 0.1) is 0 Å². The molecule has 1 N–H and O–H groups in total. The summed E-state index contributed by atoms with van der Waals surface area (Å²) < 4.78 is 20.3. The van der Waals surface area contributed by atoms with Crippen LogP contribution in [-0.2, 0) is 19.1 Å². The van der Waals surface area contributed by atoms with Gasteiger partial charge in [0.15, 0.2) is 0 Å². The largest absolute Gasteiger partial charge is 0.497 e. The fourth-order valence-electron chi connectivity index (χ4n) is 5.76. The fourth-order valence-corrected chi connectivity index (χ4v) is 6.04. The number of anilines is 2. The third-order valence-electron chi connectivity index (χ3n) is 7.76. The lowest BCUT2D eigenvalue weighted by atomic mass is 9.88. The van der Waals surface area contributed by atoms with Crippen LogP contribution in [0.4, 0.5) is 11.4 Å². The molecule has 0 bridgehead atoms. The first kappa shape index (κ1) is 39.7. The maximum Gasteiger partial charge on any atom is 0.305 e. The number of alkyl halides is 1. The third-order valence-corrected chi connectivity index (χ3v) is 8.32. The number of esters is 2. The first-order valence-electron chi connectivity index (χ1n) is 16.4. The minimum Gasteiger partial charge on any atom is -0.497 e. The number of benzene rings is 2. The zero-order valence-electron chi connectivity index (χ0n) is 30.1. The Balaban J connectivity index is 0.000000274. The van der Waals surface area contributed by atoms with Gasteiger partial charge in [0, 0.05) is 59.4 Å². The Morgan fingerprint density at radius 3 is 1.87 bits per heavy atom. The van der Waals surface area contributed by atoms with Gasteiger partial charge in [0.1, 0.15) is 11.5 Å². The fraction of sp³-hybridized carbons (Fsp3) is 0.526. The van der Waals surface area contributed by atoms with Crippen LogP contribution < -0.4 is 19.7 Å². The number of hydrogen-bond acceptors (Lipinski definition) is 8. The number of allylic oxidation sites excluding steroid dienone is 2. The minimum absolute atomic E-state index is 0.0173. The molecule has 0 unspecified atom stereocenters. The van der Waals surface area contributed by atoms with E-state index in [0.717, 1.165) is 41.9 Å². The number of fused-ring (bicyclic) bond motifs is 2. The van der Waals surface area contributed by atoms with Crippen LogP contribution in [0.1, 0.15) is 92.2 Å². The van der Waals surface area contributed by atoms with Crippen molar-refractivity contribution in [2.24, 2.45) is 0 Å². The molecule has 0 saturated heterocycles. The number of carbonyl (C=O) groups is 2. The number of nitrogens with zero attached hydrogens (tertiary/aromatic N) is 1. The summed E-state index contributed by atoms with van der Waals surface area (Å²) in [6.07, 6.45) is 7.14. The van der Waals surface area contributed by atoms with Gasteiger partial charge in [-0.1, -0.05) is 28.1 Å². The van der Waals surface area contributed by atoms with Crippen molar-refractivity contribution in [3.63, 3.8) is 0 Å². The number of hydrogen-bond donors (Lipinski definition) is 1. The molecule has 9 heteroatoms. The van der Waals surface area contributed by atoms with Gasteiger partial charge >= 0.3 is 11.9 Å². The minimum atomic E-state index is -0.125. The lowest BCUT2D eigenvalue weighted by Gasteiger charge is -2.43. The van der Waals surface area contributed by atoms with E-state index in [0.29, 0.717) is 26.1 Å². The summed E-state index contributed by atoms with van der Waals surface area (Å²) in [7, 11) is 3.38. The molecule has 0 radical (unpaired) electrons. The number of nitrogens with one attached hydrogen (secondary N) is 1. The molecule has 0 fully saturated rings. The Bertz CT molecular complexity index is 1400. The topological polar surface area (TPSA) is 86.3 Å². The maximum atomic E-state index is 11.6. The van der Waals surface area contributed by atoms with Gasteiger partial charge in [-0.2, -0.15) is 0 Å². The molecule has 2 aromatic rings. The molecule has 0 amide bonds. The highest BCUT2D eigenvalue weighted by Crippen LogP contribution is 2.41. The van der Waals surface area contributed by atoms with E-state index in [4.69, 9.17) is 14.2 Å². The molecule has 2 aromatic carbocycles. The highest BCUT2D eigenvalue weighted by atomic mass is 79.9. The Hall–Kier alpha value is -3.46. The number of halogens is 1. The van der Waals surface area contributed by atoms with Crippen LogP contribution >= 0.6 is 15.9 Å². The van der Waals surface area contributed by atoms with Crippen molar-refractivity contribution in [1.82, 2.24) is 0 Å². The molecule has 0 saturated carbocycles. The first-order chi connectivity index (χ1) is 22.2. The third kappa shape index (κ3) is 12.3. The van der Waals surface area contributed by atoms with Crippen LogP contribution in [0.15, 0.2) is 48.6 Å². The van der Waals surface area contributed by atoms with Crippen molar-refractivity contribution in [2.75, 3.05) is 49.5 Å². The summed E-state index contributed by atoms with van der Waals surface area (Å²) in [5.74, 6) is 1.52. The molecule has 4 rings (SSSR count). The van der Waals surface area contributed by atoms with Gasteiger partial charge in [-0.3, -0.25) is 9.59 Å². The van der Waals surface area contributed by atoms with Crippen molar-refractivity contribution in [1.29, 1.82) is 0 Å². The number of rotatable bonds is 11. The standard InChI is InChI=1S/C19H27NO3.C13H17NO.C6H11BrO2/c1-6-23-18(21)8-7-11-20-17-12-15(22-5)9-10-16(17)14(2)13-19(20,3)4;1-9-8-13(2,3)14-12-7-10(15-4)5-6-11(9)12;1-2-9-6(8)4-3-5-7/h9-10,12-13H,6-8,11H2,1-5H3;5-8,14H,1-4H3;2-5H2,1H3. The Morgan fingerprint density at radius 1 is 0.787 bits per heavy atom. The van der Waals surface area contributed by atoms with E-state index in [9.17, 15) is 9.59 Å². The molecule has 260 valence electrons. The molecule has 0 aliphatic carbocycles. The quantitative estimate of drug-likeness (QED) is 0.182. The van der Waals surface area contributed by atoms with Crippen LogP contribution in [-0.4, -0.2) is 62.3 Å². The Morgan fingerprint density at radius 2 is 1.32 bits per heavy atom. The maximum absolute atomic E-state index is 11.6. The van der Waals surface area contributed by atoms with Gasteiger partial charge in [-0.15, -0.1) is 0 Å². The van der Waals surface area contributed by atoms with E-state index in [1.807, 2.05) is 32.0 Å². The van der Waals surface area contributed by atoms with Crippen LogP contribution in [0.5, 0.6) is 11.5 Å². The van der Waals surface area contributed by atoms with E-state index in [-0.39, 0.29) is 23.0 Å². The second kappa shape index (κ2) is 18.8. The average molecular weight is 716 g/mol. The molecule has 8 nitrogen and oxygen atoms in total. The molecule has 2 aliphatic rings. The van der Waals surface area contributed by atoms with E-state index >= 15 is 0 Å². The van der Waals surface area contributed by atoms with Gasteiger partial charge in [0.25, 0.3) is 0 Å². The first-order valence-corrected chi connectivity index (χ1v) is 17.5. The predicted molar refractivity (Wildman–Crippen MR) is 198 cm³/mol. The molecule has 0 atom stereocenters. The lowest BCUT2D eigenvalue weighted by Crippen LogP contribution is -2.45. The lowest BCUT2D eigenvalue weighted by molar-refractivity contribution is -0.144. The van der Waals surface area contributed by atoms with Gasteiger partial charge in [0.2, 0.25) is 0 Å². The molecule has 2 heterocycles. The zero-order valence-corrected chi connectivity index (χ0v) is 31.6. The van der Waals surface area contributed by atoms with Crippen LogP contribution in [0.2, 0.25) is 0 Å². The summed E-state index contributed by atoms with van der Waals surface area (Å²) in [6.45, 7) is 18.4.